The monoisotopic (exact) mass is 324 g/mol. The Labute approximate surface area is 143 Å². The van der Waals surface area contributed by atoms with Crippen molar-refractivity contribution in [2.45, 2.75) is 19.5 Å². The molecular formula is C19H24N4O. The zero-order valence-corrected chi connectivity index (χ0v) is 14.1. The van der Waals surface area contributed by atoms with Crippen LogP contribution in [0.15, 0.2) is 54.7 Å². The quantitative estimate of drug-likeness (QED) is 0.940. The normalized spacial score (nSPS) is 16.6. The van der Waals surface area contributed by atoms with Crippen LogP contribution in [0.1, 0.15) is 24.2 Å². The fourth-order valence-electron chi connectivity index (χ4n) is 3.04. The maximum atomic E-state index is 12.3. The molecule has 2 heterocycles. The minimum absolute atomic E-state index is 0.00679. The van der Waals surface area contributed by atoms with Crippen LogP contribution >= 0.6 is 0 Å². The summed E-state index contributed by atoms with van der Waals surface area (Å²) in [5.74, 6) is 0. The van der Waals surface area contributed by atoms with E-state index >= 15 is 0 Å². The lowest BCUT2D eigenvalue weighted by Gasteiger charge is -2.38. The predicted octanol–water partition coefficient (Wildman–Crippen LogP) is 2.67. The zero-order chi connectivity index (χ0) is 16.8. The number of carbonyl (C=O) groups excluding carboxylic acids is 1. The highest BCUT2D eigenvalue weighted by Crippen LogP contribution is 2.21. The van der Waals surface area contributed by atoms with Gasteiger partial charge in [0.1, 0.15) is 0 Å². The number of aromatic nitrogens is 1. The second-order valence-corrected chi connectivity index (χ2v) is 6.09. The van der Waals surface area contributed by atoms with E-state index in [0.717, 1.165) is 31.9 Å². The SMILES string of the molecule is CC(c1ccccc1)N1CCN(C(=O)NCc2ccccn2)CC1. The Balaban J connectivity index is 1.47. The van der Waals surface area contributed by atoms with Crippen LogP contribution in [0.25, 0.3) is 0 Å². The number of benzene rings is 1. The molecule has 0 radical (unpaired) electrons. The van der Waals surface area contributed by atoms with Crippen molar-refractivity contribution in [3.05, 3.63) is 66.0 Å². The van der Waals surface area contributed by atoms with Crippen molar-refractivity contribution in [3.63, 3.8) is 0 Å². The maximum Gasteiger partial charge on any atom is 0.317 e. The number of hydrogen-bond acceptors (Lipinski definition) is 3. The summed E-state index contributed by atoms with van der Waals surface area (Å²) >= 11 is 0. The summed E-state index contributed by atoms with van der Waals surface area (Å²) in [4.78, 5) is 20.8. The van der Waals surface area contributed by atoms with Gasteiger partial charge in [0.2, 0.25) is 0 Å². The Hall–Kier alpha value is -2.40. The molecule has 1 fully saturated rings. The molecule has 2 aromatic rings. The zero-order valence-electron chi connectivity index (χ0n) is 14.1. The van der Waals surface area contributed by atoms with Gasteiger partial charge in [-0.1, -0.05) is 36.4 Å². The maximum absolute atomic E-state index is 12.3. The van der Waals surface area contributed by atoms with Crippen molar-refractivity contribution in [1.29, 1.82) is 0 Å². The number of hydrogen-bond donors (Lipinski definition) is 1. The van der Waals surface area contributed by atoms with Crippen molar-refractivity contribution in [3.8, 4) is 0 Å². The summed E-state index contributed by atoms with van der Waals surface area (Å²) in [6.45, 7) is 6.00. The number of nitrogens with zero attached hydrogens (tertiary/aromatic N) is 3. The lowest BCUT2D eigenvalue weighted by atomic mass is 10.1. The number of amides is 2. The van der Waals surface area contributed by atoms with E-state index < -0.39 is 0 Å². The van der Waals surface area contributed by atoms with Gasteiger partial charge in [-0.2, -0.15) is 0 Å². The number of piperazine rings is 1. The molecule has 5 heteroatoms. The molecule has 0 bridgehead atoms. The van der Waals surface area contributed by atoms with Gasteiger partial charge in [-0.3, -0.25) is 9.88 Å². The molecule has 1 aromatic heterocycles. The lowest BCUT2D eigenvalue weighted by molar-refractivity contribution is 0.114. The summed E-state index contributed by atoms with van der Waals surface area (Å²) in [6.07, 6.45) is 1.74. The first-order valence-corrected chi connectivity index (χ1v) is 8.46. The average Bonchev–Trinajstić information content (AvgIpc) is 2.67. The average molecular weight is 324 g/mol. The molecule has 0 spiro atoms. The van der Waals surface area contributed by atoms with E-state index in [1.807, 2.05) is 29.2 Å². The number of carbonyl (C=O) groups is 1. The topological polar surface area (TPSA) is 48.5 Å². The smallest absolute Gasteiger partial charge is 0.317 e. The molecule has 1 N–H and O–H groups in total. The highest BCUT2D eigenvalue weighted by atomic mass is 16.2. The second-order valence-electron chi connectivity index (χ2n) is 6.09. The van der Waals surface area contributed by atoms with E-state index in [-0.39, 0.29) is 6.03 Å². The summed E-state index contributed by atoms with van der Waals surface area (Å²) in [6, 6.07) is 16.6. The van der Waals surface area contributed by atoms with Crippen molar-refractivity contribution in [2.75, 3.05) is 26.2 Å². The van der Waals surface area contributed by atoms with Crippen molar-refractivity contribution < 1.29 is 4.79 Å². The van der Waals surface area contributed by atoms with Crippen LogP contribution in [0.3, 0.4) is 0 Å². The third kappa shape index (κ3) is 4.11. The highest BCUT2D eigenvalue weighted by Gasteiger charge is 2.24. The van der Waals surface area contributed by atoms with Gasteiger partial charge in [0.25, 0.3) is 0 Å². The van der Waals surface area contributed by atoms with E-state index in [1.165, 1.54) is 5.56 Å². The van der Waals surface area contributed by atoms with Crippen LogP contribution in [0.2, 0.25) is 0 Å². The Morgan fingerprint density at radius 1 is 1.08 bits per heavy atom. The Morgan fingerprint density at radius 2 is 1.79 bits per heavy atom. The molecule has 1 aliphatic rings. The molecule has 1 aromatic carbocycles. The van der Waals surface area contributed by atoms with Gasteiger partial charge < -0.3 is 10.2 Å². The fourth-order valence-corrected chi connectivity index (χ4v) is 3.04. The summed E-state index contributed by atoms with van der Waals surface area (Å²) in [7, 11) is 0. The van der Waals surface area contributed by atoms with E-state index in [9.17, 15) is 4.79 Å². The van der Waals surface area contributed by atoms with Gasteiger partial charge in [0.05, 0.1) is 12.2 Å². The van der Waals surface area contributed by atoms with Crippen LogP contribution in [0.5, 0.6) is 0 Å². The van der Waals surface area contributed by atoms with Crippen molar-refractivity contribution in [1.82, 2.24) is 20.1 Å². The molecule has 5 nitrogen and oxygen atoms in total. The Bertz CT molecular complexity index is 639. The predicted molar refractivity (Wildman–Crippen MR) is 94.5 cm³/mol. The molecule has 3 rings (SSSR count). The number of urea groups is 1. The summed E-state index contributed by atoms with van der Waals surface area (Å²) in [5.41, 5.74) is 2.20. The van der Waals surface area contributed by atoms with E-state index in [1.54, 1.807) is 6.20 Å². The summed E-state index contributed by atoms with van der Waals surface area (Å²) < 4.78 is 0. The van der Waals surface area contributed by atoms with Gasteiger partial charge in [-0.25, -0.2) is 4.79 Å². The van der Waals surface area contributed by atoms with E-state index in [4.69, 9.17) is 0 Å². The van der Waals surface area contributed by atoms with Crippen molar-refractivity contribution >= 4 is 6.03 Å². The lowest BCUT2D eigenvalue weighted by Crippen LogP contribution is -2.52. The van der Waals surface area contributed by atoms with Gasteiger partial charge >= 0.3 is 6.03 Å². The molecule has 2 amide bonds. The third-order valence-electron chi connectivity index (χ3n) is 4.58. The van der Waals surface area contributed by atoms with Crippen LogP contribution < -0.4 is 5.32 Å². The molecule has 126 valence electrons. The van der Waals surface area contributed by atoms with Crippen LogP contribution in [0, 0.1) is 0 Å². The molecular weight excluding hydrogens is 300 g/mol. The van der Waals surface area contributed by atoms with Crippen LogP contribution in [-0.2, 0) is 6.54 Å². The van der Waals surface area contributed by atoms with Gasteiger partial charge in [0.15, 0.2) is 0 Å². The standard InChI is InChI=1S/C19H24N4O/c1-16(17-7-3-2-4-8-17)22-11-13-23(14-12-22)19(24)21-15-18-9-5-6-10-20-18/h2-10,16H,11-15H2,1H3,(H,21,24). The Morgan fingerprint density at radius 3 is 2.46 bits per heavy atom. The molecule has 1 saturated heterocycles. The first-order valence-electron chi connectivity index (χ1n) is 8.46. The second kappa shape index (κ2) is 7.93. The number of pyridine rings is 1. The first-order chi connectivity index (χ1) is 11.7. The molecule has 24 heavy (non-hydrogen) atoms. The number of rotatable bonds is 4. The molecule has 1 atom stereocenters. The molecule has 1 unspecified atom stereocenters. The van der Waals surface area contributed by atoms with E-state index in [2.05, 4.69) is 46.4 Å². The molecule has 0 aliphatic carbocycles. The molecule has 1 aliphatic heterocycles. The van der Waals surface area contributed by atoms with Gasteiger partial charge in [0, 0.05) is 38.4 Å². The minimum atomic E-state index is -0.00679. The van der Waals surface area contributed by atoms with Gasteiger partial charge in [-0.15, -0.1) is 0 Å². The minimum Gasteiger partial charge on any atom is -0.332 e. The number of nitrogens with one attached hydrogen (secondary N) is 1. The van der Waals surface area contributed by atoms with E-state index in [0.29, 0.717) is 12.6 Å². The van der Waals surface area contributed by atoms with Gasteiger partial charge in [-0.05, 0) is 24.6 Å². The fraction of sp³-hybridized carbons (Fsp3) is 0.368. The Kier molecular flexibility index (Phi) is 5.43. The summed E-state index contributed by atoms with van der Waals surface area (Å²) in [5, 5.41) is 2.95. The third-order valence-corrected chi connectivity index (χ3v) is 4.58. The highest BCUT2D eigenvalue weighted by molar-refractivity contribution is 5.74. The molecule has 0 saturated carbocycles. The van der Waals surface area contributed by atoms with Crippen LogP contribution in [-0.4, -0.2) is 47.0 Å². The van der Waals surface area contributed by atoms with Crippen molar-refractivity contribution in [2.24, 2.45) is 0 Å². The first kappa shape index (κ1) is 16.5. The largest absolute Gasteiger partial charge is 0.332 e. The van der Waals surface area contributed by atoms with Crippen LogP contribution in [0.4, 0.5) is 4.79 Å².